The first kappa shape index (κ1) is 41.7. The average molecular weight is 589 g/mol. The van der Waals surface area contributed by atoms with Crippen LogP contribution in [0.15, 0.2) is 12.2 Å². The first-order valence-corrected chi connectivity index (χ1v) is 20.6. The summed E-state index contributed by atoms with van der Waals surface area (Å²) in [5.74, 6) is 0. The van der Waals surface area contributed by atoms with Gasteiger partial charge in [0.05, 0.1) is 0 Å². The van der Waals surface area contributed by atoms with Crippen LogP contribution in [0.1, 0.15) is 258 Å². The lowest BCUT2D eigenvalue weighted by atomic mass is 10.0. The molecule has 0 radical (unpaired) electrons. The fraction of sp³-hybridized carbons (Fsp3) is 0.952. The maximum Gasteiger partial charge on any atom is -0.0351 e. The van der Waals surface area contributed by atoms with E-state index in [0.717, 1.165) is 0 Å². The molecular formula is C42H84. The third-order valence-electron chi connectivity index (χ3n) is 9.62. The Hall–Kier alpha value is -0.260. The van der Waals surface area contributed by atoms with E-state index in [1.165, 1.54) is 244 Å². The van der Waals surface area contributed by atoms with E-state index in [1.54, 1.807) is 0 Å². The van der Waals surface area contributed by atoms with Gasteiger partial charge in [0.15, 0.2) is 0 Å². The minimum atomic E-state index is 1.31. The molecule has 0 aromatic carbocycles. The van der Waals surface area contributed by atoms with E-state index in [1.807, 2.05) is 0 Å². The van der Waals surface area contributed by atoms with Crippen LogP contribution in [0, 0.1) is 0 Å². The molecule has 0 heterocycles. The van der Waals surface area contributed by atoms with E-state index in [2.05, 4.69) is 26.0 Å². The smallest absolute Gasteiger partial charge is 0.0351 e. The average Bonchev–Trinajstić information content (AvgIpc) is 3.00. The molecule has 0 aliphatic heterocycles. The molecule has 0 amide bonds. The third kappa shape index (κ3) is 39.7. The summed E-state index contributed by atoms with van der Waals surface area (Å²) in [4.78, 5) is 0. The van der Waals surface area contributed by atoms with Gasteiger partial charge in [-0.3, -0.25) is 0 Å². The maximum absolute atomic E-state index is 2.46. The standard InChI is InChI=1S/C42H84/c1-3-5-7-9-11-13-15-17-19-21-23-25-27-29-31-33-35-37-39-41-42-40-38-36-34-32-30-28-26-24-22-20-18-16-14-12-10-8-6-4-2/h21,23H,3-20,22,24-42H2,1-2H3. The molecular weight excluding hydrogens is 504 g/mol. The highest BCUT2D eigenvalue weighted by atomic mass is 14.0. The van der Waals surface area contributed by atoms with Crippen molar-refractivity contribution in [3.05, 3.63) is 12.2 Å². The highest BCUT2D eigenvalue weighted by Gasteiger charge is 1.97. The highest BCUT2D eigenvalue weighted by Crippen LogP contribution is 2.17. The summed E-state index contributed by atoms with van der Waals surface area (Å²) < 4.78 is 0. The van der Waals surface area contributed by atoms with Crippen molar-refractivity contribution in [1.29, 1.82) is 0 Å². The molecule has 0 N–H and O–H groups in total. The Bertz CT molecular complexity index is 463. The summed E-state index contributed by atoms with van der Waals surface area (Å²) in [7, 11) is 0. The Morgan fingerprint density at radius 2 is 0.333 bits per heavy atom. The van der Waals surface area contributed by atoms with Crippen molar-refractivity contribution in [3.63, 3.8) is 0 Å². The summed E-state index contributed by atoms with van der Waals surface area (Å²) >= 11 is 0. The van der Waals surface area contributed by atoms with Gasteiger partial charge in [0.2, 0.25) is 0 Å². The van der Waals surface area contributed by atoms with Crippen LogP contribution in [-0.2, 0) is 0 Å². The number of hydrogen-bond acceptors (Lipinski definition) is 0. The topological polar surface area (TPSA) is 0 Å². The summed E-state index contributed by atoms with van der Waals surface area (Å²) in [5.41, 5.74) is 0. The second-order valence-electron chi connectivity index (χ2n) is 14.1. The van der Waals surface area contributed by atoms with Crippen molar-refractivity contribution >= 4 is 0 Å². The Labute approximate surface area is 269 Å². The molecule has 0 heteroatoms. The Morgan fingerprint density at radius 3 is 0.500 bits per heavy atom. The molecule has 0 aliphatic carbocycles. The van der Waals surface area contributed by atoms with Gasteiger partial charge >= 0.3 is 0 Å². The second-order valence-corrected chi connectivity index (χ2v) is 14.1. The van der Waals surface area contributed by atoms with Gasteiger partial charge < -0.3 is 0 Å². The lowest BCUT2D eigenvalue weighted by molar-refractivity contribution is 0.514. The van der Waals surface area contributed by atoms with Crippen LogP contribution in [0.3, 0.4) is 0 Å². The number of unbranched alkanes of at least 4 members (excludes halogenated alkanes) is 36. The van der Waals surface area contributed by atoms with Crippen LogP contribution in [0.4, 0.5) is 0 Å². The summed E-state index contributed by atoms with van der Waals surface area (Å²) in [6, 6.07) is 0. The molecule has 0 saturated carbocycles. The van der Waals surface area contributed by atoms with Gasteiger partial charge in [-0.25, -0.2) is 0 Å². The van der Waals surface area contributed by atoms with Gasteiger partial charge in [0.25, 0.3) is 0 Å². The Kier molecular flexibility index (Phi) is 40.5. The van der Waals surface area contributed by atoms with Gasteiger partial charge in [0.1, 0.15) is 0 Å². The van der Waals surface area contributed by atoms with Gasteiger partial charge in [-0.05, 0) is 25.7 Å². The fourth-order valence-electron chi connectivity index (χ4n) is 6.56. The first-order valence-electron chi connectivity index (χ1n) is 20.6. The monoisotopic (exact) mass is 589 g/mol. The zero-order chi connectivity index (χ0) is 30.3. The molecule has 0 fully saturated rings. The molecule has 0 aromatic rings. The van der Waals surface area contributed by atoms with Crippen LogP contribution in [-0.4, -0.2) is 0 Å². The summed E-state index contributed by atoms with van der Waals surface area (Å²) in [6.45, 7) is 4.61. The van der Waals surface area contributed by atoms with Crippen molar-refractivity contribution in [2.75, 3.05) is 0 Å². The van der Waals surface area contributed by atoms with Crippen molar-refractivity contribution in [2.24, 2.45) is 0 Å². The van der Waals surface area contributed by atoms with Gasteiger partial charge in [-0.15, -0.1) is 0 Å². The molecule has 0 rings (SSSR count). The molecule has 252 valence electrons. The molecule has 0 aromatic heterocycles. The van der Waals surface area contributed by atoms with Crippen molar-refractivity contribution in [1.82, 2.24) is 0 Å². The number of allylic oxidation sites excluding steroid dienone is 2. The molecule has 0 saturated heterocycles. The van der Waals surface area contributed by atoms with E-state index < -0.39 is 0 Å². The lowest BCUT2D eigenvalue weighted by Gasteiger charge is -2.04. The Morgan fingerprint density at radius 1 is 0.190 bits per heavy atom. The van der Waals surface area contributed by atoms with E-state index in [0.29, 0.717) is 0 Å². The molecule has 0 spiro atoms. The van der Waals surface area contributed by atoms with Crippen molar-refractivity contribution in [3.8, 4) is 0 Å². The van der Waals surface area contributed by atoms with E-state index in [9.17, 15) is 0 Å². The van der Waals surface area contributed by atoms with Crippen LogP contribution in [0.5, 0.6) is 0 Å². The normalized spacial score (nSPS) is 11.8. The van der Waals surface area contributed by atoms with Gasteiger partial charge in [-0.1, -0.05) is 244 Å². The molecule has 0 nitrogen and oxygen atoms in total. The van der Waals surface area contributed by atoms with Crippen molar-refractivity contribution < 1.29 is 0 Å². The lowest BCUT2D eigenvalue weighted by Crippen LogP contribution is -1.85. The summed E-state index contributed by atoms with van der Waals surface area (Å²) in [6.07, 6.45) is 60.4. The van der Waals surface area contributed by atoms with Gasteiger partial charge in [-0.2, -0.15) is 0 Å². The SMILES string of the molecule is CCCCCCCCCCC=CCCCCCCCCCCCCCCCCCCCCCCCCCCCCCC. The van der Waals surface area contributed by atoms with Crippen molar-refractivity contribution in [2.45, 2.75) is 258 Å². The zero-order valence-corrected chi connectivity index (χ0v) is 30.0. The third-order valence-corrected chi connectivity index (χ3v) is 9.62. The molecule has 0 aliphatic rings. The Balaban J connectivity index is 3.06. The molecule has 0 bridgehead atoms. The van der Waals surface area contributed by atoms with E-state index >= 15 is 0 Å². The zero-order valence-electron chi connectivity index (χ0n) is 30.0. The number of hydrogen-bond donors (Lipinski definition) is 0. The van der Waals surface area contributed by atoms with Crippen LogP contribution < -0.4 is 0 Å². The molecule has 42 heavy (non-hydrogen) atoms. The highest BCUT2D eigenvalue weighted by molar-refractivity contribution is 4.81. The minimum Gasteiger partial charge on any atom is -0.0885 e. The predicted molar refractivity (Wildman–Crippen MR) is 196 cm³/mol. The van der Waals surface area contributed by atoms with E-state index in [-0.39, 0.29) is 0 Å². The van der Waals surface area contributed by atoms with Crippen LogP contribution in [0.25, 0.3) is 0 Å². The van der Waals surface area contributed by atoms with Crippen LogP contribution >= 0.6 is 0 Å². The number of rotatable bonds is 38. The van der Waals surface area contributed by atoms with Gasteiger partial charge in [0, 0.05) is 0 Å². The van der Waals surface area contributed by atoms with Crippen LogP contribution in [0.2, 0.25) is 0 Å². The maximum atomic E-state index is 2.46. The quantitative estimate of drug-likeness (QED) is 0.0497. The molecule has 0 atom stereocenters. The first-order chi connectivity index (χ1) is 20.9. The van der Waals surface area contributed by atoms with E-state index in [4.69, 9.17) is 0 Å². The minimum absolute atomic E-state index is 1.31. The second kappa shape index (κ2) is 40.7. The summed E-state index contributed by atoms with van der Waals surface area (Å²) in [5, 5.41) is 0. The predicted octanol–water partition coefficient (Wildman–Crippen LogP) is 16.4. The fourth-order valence-corrected chi connectivity index (χ4v) is 6.56. The molecule has 0 unspecified atom stereocenters. The largest absolute Gasteiger partial charge is 0.0885 e.